The van der Waals surface area contributed by atoms with Gasteiger partial charge in [0.15, 0.2) is 0 Å². The summed E-state index contributed by atoms with van der Waals surface area (Å²) in [6, 6.07) is 12.8. The number of ether oxygens (including phenoxy) is 1. The number of hydrogen-bond donors (Lipinski definition) is 0. The summed E-state index contributed by atoms with van der Waals surface area (Å²) in [4.78, 5) is 34.6. The van der Waals surface area contributed by atoms with Crippen molar-refractivity contribution in [3.05, 3.63) is 66.4 Å². The van der Waals surface area contributed by atoms with E-state index < -0.39 is 12.3 Å². The quantitative estimate of drug-likeness (QED) is 0.354. The van der Waals surface area contributed by atoms with Crippen LogP contribution in [0, 0.1) is 11.8 Å². The Hall–Kier alpha value is -4.19. The van der Waals surface area contributed by atoms with Crippen LogP contribution in [-0.4, -0.2) is 62.6 Å². The van der Waals surface area contributed by atoms with Crippen LogP contribution in [0.4, 0.5) is 14.5 Å². The van der Waals surface area contributed by atoms with Gasteiger partial charge in [0.1, 0.15) is 5.65 Å². The Morgan fingerprint density at radius 3 is 2.49 bits per heavy atom. The molecule has 12 heteroatoms. The van der Waals surface area contributed by atoms with Crippen molar-refractivity contribution in [1.29, 1.82) is 0 Å². The summed E-state index contributed by atoms with van der Waals surface area (Å²) in [5.74, 6) is -0.923. The van der Waals surface area contributed by atoms with Crippen LogP contribution in [-0.2, 0) is 20.9 Å². The Kier molecular flexibility index (Phi) is 6.77. The summed E-state index contributed by atoms with van der Waals surface area (Å²) in [5.41, 5.74) is 2.42. The standard InChI is InChI=1S/C27H26F2N6O4/c28-23(29)25-32-31-24(39-25)18-8-11-34-13-20(30-22(34)12-18)14-35(21-4-2-1-3-5-21)27(37)17-6-9-33(10-7-17)26(36)19-15-38-16-19/h1-5,8,11-13,17,19,23H,6-7,9-10,14-16H2. The molecule has 1 aromatic carbocycles. The normalized spacial score (nSPS) is 16.5. The molecule has 2 saturated heterocycles. The average Bonchev–Trinajstić information content (AvgIpc) is 3.58. The van der Waals surface area contributed by atoms with Gasteiger partial charge in [-0.1, -0.05) is 18.2 Å². The van der Waals surface area contributed by atoms with Crippen LogP contribution >= 0.6 is 0 Å². The zero-order valence-electron chi connectivity index (χ0n) is 21.0. The number of carbonyl (C=O) groups is 2. The molecule has 0 spiro atoms. The number of amides is 2. The number of fused-ring (bicyclic) bond motifs is 1. The van der Waals surface area contributed by atoms with E-state index in [1.807, 2.05) is 41.4 Å². The number of carbonyl (C=O) groups excluding carboxylic acids is 2. The van der Waals surface area contributed by atoms with Gasteiger partial charge in [0.2, 0.25) is 17.7 Å². The Balaban J connectivity index is 1.20. The average molecular weight is 537 g/mol. The summed E-state index contributed by atoms with van der Waals surface area (Å²) in [7, 11) is 0. The minimum absolute atomic E-state index is 0.0107. The van der Waals surface area contributed by atoms with Crippen molar-refractivity contribution < 1.29 is 27.5 Å². The highest BCUT2D eigenvalue weighted by Gasteiger charge is 2.35. The number of halogens is 2. The van der Waals surface area contributed by atoms with Gasteiger partial charge in [-0.2, -0.15) is 8.78 Å². The molecule has 39 heavy (non-hydrogen) atoms. The van der Waals surface area contributed by atoms with Crippen LogP contribution in [0.2, 0.25) is 0 Å². The van der Waals surface area contributed by atoms with Gasteiger partial charge in [-0.3, -0.25) is 9.59 Å². The van der Waals surface area contributed by atoms with Crippen molar-refractivity contribution in [1.82, 2.24) is 24.5 Å². The summed E-state index contributed by atoms with van der Waals surface area (Å²) in [6.07, 6.45) is 1.89. The van der Waals surface area contributed by atoms with Gasteiger partial charge in [0.25, 0.3) is 5.89 Å². The number of rotatable bonds is 7. The van der Waals surface area contributed by atoms with Crippen LogP contribution < -0.4 is 4.90 Å². The van der Waals surface area contributed by atoms with E-state index in [1.54, 1.807) is 27.6 Å². The third-order valence-electron chi connectivity index (χ3n) is 7.18. The fourth-order valence-electron chi connectivity index (χ4n) is 4.95. The number of para-hydroxylation sites is 1. The zero-order valence-corrected chi connectivity index (χ0v) is 21.0. The summed E-state index contributed by atoms with van der Waals surface area (Å²) in [6.45, 7) is 2.30. The van der Waals surface area contributed by atoms with Crippen molar-refractivity contribution in [3.8, 4) is 11.5 Å². The Bertz CT molecular complexity index is 1480. The molecule has 0 N–H and O–H groups in total. The van der Waals surface area contributed by atoms with E-state index in [1.165, 1.54) is 0 Å². The van der Waals surface area contributed by atoms with Gasteiger partial charge in [-0.25, -0.2) is 4.98 Å². The molecule has 2 aliphatic rings. The molecule has 0 bridgehead atoms. The molecule has 0 aliphatic carbocycles. The molecule has 2 amide bonds. The smallest absolute Gasteiger partial charge is 0.314 e. The first-order chi connectivity index (χ1) is 19.0. The minimum Gasteiger partial charge on any atom is -0.415 e. The highest BCUT2D eigenvalue weighted by atomic mass is 19.3. The van der Waals surface area contributed by atoms with Gasteiger partial charge in [0.05, 0.1) is 31.4 Å². The van der Waals surface area contributed by atoms with Gasteiger partial charge >= 0.3 is 6.43 Å². The molecule has 2 fully saturated rings. The Morgan fingerprint density at radius 2 is 1.82 bits per heavy atom. The van der Waals surface area contributed by atoms with Crippen LogP contribution in [0.25, 0.3) is 17.1 Å². The summed E-state index contributed by atoms with van der Waals surface area (Å²) >= 11 is 0. The second kappa shape index (κ2) is 10.5. The van der Waals surface area contributed by atoms with E-state index in [0.29, 0.717) is 56.0 Å². The minimum atomic E-state index is -2.85. The molecule has 0 radical (unpaired) electrons. The maximum absolute atomic E-state index is 13.8. The number of piperidine rings is 1. The molecule has 0 atom stereocenters. The lowest BCUT2D eigenvalue weighted by Gasteiger charge is -2.37. The van der Waals surface area contributed by atoms with Crippen molar-refractivity contribution >= 4 is 23.1 Å². The van der Waals surface area contributed by atoms with E-state index in [0.717, 1.165) is 5.69 Å². The first kappa shape index (κ1) is 25.1. The predicted octanol–water partition coefficient (Wildman–Crippen LogP) is 3.74. The lowest BCUT2D eigenvalue weighted by atomic mass is 9.93. The van der Waals surface area contributed by atoms with Crippen molar-refractivity contribution in [2.45, 2.75) is 25.8 Å². The molecule has 0 unspecified atom stereocenters. The van der Waals surface area contributed by atoms with Gasteiger partial charge < -0.3 is 23.4 Å². The molecule has 5 heterocycles. The summed E-state index contributed by atoms with van der Waals surface area (Å²) < 4.78 is 37.7. The maximum atomic E-state index is 13.8. The zero-order chi connectivity index (χ0) is 26.9. The van der Waals surface area contributed by atoms with Crippen molar-refractivity contribution in [2.24, 2.45) is 11.8 Å². The molecule has 3 aromatic heterocycles. The van der Waals surface area contributed by atoms with Gasteiger partial charge in [-0.15, -0.1) is 10.2 Å². The number of aromatic nitrogens is 4. The molecule has 202 valence electrons. The highest BCUT2D eigenvalue weighted by Crippen LogP contribution is 2.28. The van der Waals surface area contributed by atoms with Crippen LogP contribution in [0.1, 0.15) is 30.9 Å². The first-order valence-electron chi connectivity index (χ1n) is 12.8. The van der Waals surface area contributed by atoms with Gasteiger partial charge in [-0.05, 0) is 37.1 Å². The van der Waals surface area contributed by atoms with Crippen molar-refractivity contribution in [2.75, 3.05) is 31.2 Å². The molecule has 4 aromatic rings. The topological polar surface area (TPSA) is 106 Å². The maximum Gasteiger partial charge on any atom is 0.314 e. The number of benzene rings is 1. The van der Waals surface area contributed by atoms with Crippen LogP contribution in [0.15, 0.2) is 59.3 Å². The van der Waals surface area contributed by atoms with E-state index in [2.05, 4.69) is 15.2 Å². The van der Waals surface area contributed by atoms with E-state index >= 15 is 0 Å². The van der Waals surface area contributed by atoms with E-state index in [-0.39, 0.29) is 36.1 Å². The van der Waals surface area contributed by atoms with E-state index in [9.17, 15) is 18.4 Å². The fraction of sp³-hybridized carbons (Fsp3) is 0.370. The number of anilines is 1. The number of imidazole rings is 1. The molecule has 6 rings (SSSR count). The number of pyridine rings is 1. The van der Waals surface area contributed by atoms with Crippen LogP contribution in [0.3, 0.4) is 0 Å². The van der Waals surface area contributed by atoms with E-state index in [4.69, 9.17) is 9.15 Å². The molecule has 10 nitrogen and oxygen atoms in total. The highest BCUT2D eigenvalue weighted by molar-refractivity contribution is 5.95. The third kappa shape index (κ3) is 5.11. The third-order valence-corrected chi connectivity index (χ3v) is 7.18. The SMILES string of the molecule is O=C(C1COC1)N1CCC(C(=O)N(Cc2cn3ccc(-c4nnc(C(F)F)o4)cc3n2)c2ccccc2)CC1. The monoisotopic (exact) mass is 536 g/mol. The number of alkyl halides is 2. The Labute approximate surface area is 222 Å². The number of nitrogens with zero attached hydrogens (tertiary/aromatic N) is 6. The number of likely N-dealkylation sites (tertiary alicyclic amines) is 1. The van der Waals surface area contributed by atoms with Crippen LogP contribution in [0.5, 0.6) is 0 Å². The predicted molar refractivity (Wildman–Crippen MR) is 135 cm³/mol. The van der Waals surface area contributed by atoms with Crippen molar-refractivity contribution in [3.63, 3.8) is 0 Å². The van der Waals surface area contributed by atoms with Gasteiger partial charge in [0, 0.05) is 42.7 Å². The lowest BCUT2D eigenvalue weighted by Crippen LogP contribution is -2.49. The molecule has 2 aliphatic heterocycles. The lowest BCUT2D eigenvalue weighted by molar-refractivity contribution is -0.152. The molecule has 0 saturated carbocycles. The Morgan fingerprint density at radius 1 is 1.05 bits per heavy atom. The first-order valence-corrected chi connectivity index (χ1v) is 12.8. The number of hydrogen-bond acceptors (Lipinski definition) is 7. The second-order valence-electron chi connectivity index (χ2n) is 9.75. The molecular weight excluding hydrogens is 510 g/mol. The summed E-state index contributed by atoms with van der Waals surface area (Å²) in [5, 5.41) is 7.08. The second-order valence-corrected chi connectivity index (χ2v) is 9.75. The fourth-order valence-corrected chi connectivity index (χ4v) is 4.95. The largest absolute Gasteiger partial charge is 0.415 e. The molecular formula is C27H26F2N6O4.